The second-order valence-electron chi connectivity index (χ2n) is 5.54. The molecule has 0 saturated heterocycles. The van der Waals surface area contributed by atoms with Crippen molar-refractivity contribution in [2.75, 3.05) is 12.4 Å². The largest absolute Gasteiger partial charge is 0.497 e. The molecule has 1 N–H and O–H groups in total. The van der Waals surface area contributed by atoms with Crippen molar-refractivity contribution in [2.45, 2.75) is 12.5 Å². The van der Waals surface area contributed by atoms with Crippen molar-refractivity contribution in [3.05, 3.63) is 84.7 Å². The van der Waals surface area contributed by atoms with Crippen LogP contribution in [0.25, 0.3) is 0 Å². The third kappa shape index (κ3) is 3.84. The Kier molecular flexibility index (Phi) is 4.96. The topological polar surface area (TPSA) is 43.3 Å². The van der Waals surface area contributed by atoms with Crippen LogP contribution in [0, 0.1) is 0 Å². The fourth-order valence-corrected chi connectivity index (χ4v) is 2.71. The maximum atomic E-state index is 12.5. The van der Waals surface area contributed by atoms with Crippen LogP contribution in [0.5, 0.6) is 5.75 Å². The first-order valence-corrected chi connectivity index (χ1v) is 7.87. The third-order valence-electron chi connectivity index (χ3n) is 3.90. The molecule has 1 amide bonds. The zero-order valence-corrected chi connectivity index (χ0v) is 13.6. The van der Waals surface area contributed by atoms with Crippen molar-refractivity contribution in [3.63, 3.8) is 0 Å². The van der Waals surface area contributed by atoms with Crippen LogP contribution in [0.15, 0.2) is 79.1 Å². The number of ether oxygens (including phenoxy) is 1. The van der Waals surface area contributed by atoms with Crippen LogP contribution in [0.4, 0.5) is 5.69 Å². The molecule has 0 aliphatic rings. The van der Waals surface area contributed by atoms with E-state index in [0.29, 0.717) is 6.42 Å². The number of anilines is 1. The molecule has 0 spiro atoms. The Bertz CT molecular complexity index is 782. The molecule has 122 valence electrons. The molecule has 0 bridgehead atoms. The summed E-state index contributed by atoms with van der Waals surface area (Å²) in [6, 6.07) is 21.3. The molecular weight excluding hydrogens is 300 g/mol. The predicted molar refractivity (Wildman–Crippen MR) is 95.3 cm³/mol. The van der Waals surface area contributed by atoms with Crippen LogP contribution in [-0.4, -0.2) is 17.6 Å². The van der Waals surface area contributed by atoms with E-state index in [9.17, 15) is 4.79 Å². The van der Waals surface area contributed by atoms with Crippen molar-refractivity contribution < 1.29 is 9.53 Å². The molecule has 0 aliphatic carbocycles. The van der Waals surface area contributed by atoms with Gasteiger partial charge in [0.15, 0.2) is 0 Å². The minimum Gasteiger partial charge on any atom is -0.497 e. The van der Waals surface area contributed by atoms with E-state index < -0.39 is 0 Å². The number of aromatic nitrogens is 1. The summed E-state index contributed by atoms with van der Waals surface area (Å²) in [6.07, 6.45) is 4.32. The average molecular weight is 320 g/mol. The van der Waals surface area contributed by atoms with Crippen LogP contribution in [-0.2, 0) is 4.79 Å². The third-order valence-corrected chi connectivity index (χ3v) is 3.90. The molecule has 1 heterocycles. The molecule has 0 unspecified atom stereocenters. The van der Waals surface area contributed by atoms with Gasteiger partial charge in [-0.15, -0.1) is 0 Å². The van der Waals surface area contributed by atoms with E-state index in [1.807, 2.05) is 79.1 Å². The Morgan fingerprint density at radius 1 is 1.04 bits per heavy atom. The number of amides is 1. The van der Waals surface area contributed by atoms with Gasteiger partial charge in [0.1, 0.15) is 5.75 Å². The predicted octanol–water partition coefficient (Wildman–Crippen LogP) is 4.11. The molecule has 4 heteroatoms. The SMILES string of the molecule is COc1cccc(NC(=O)C[C@H](c2ccccc2)n2cccc2)c1. The van der Waals surface area contributed by atoms with Crippen molar-refractivity contribution >= 4 is 11.6 Å². The van der Waals surface area contributed by atoms with Gasteiger partial charge in [-0.3, -0.25) is 4.79 Å². The van der Waals surface area contributed by atoms with Gasteiger partial charge in [-0.1, -0.05) is 36.4 Å². The van der Waals surface area contributed by atoms with Crippen molar-refractivity contribution in [1.82, 2.24) is 4.57 Å². The Morgan fingerprint density at radius 3 is 2.50 bits per heavy atom. The van der Waals surface area contributed by atoms with Gasteiger partial charge in [-0.25, -0.2) is 0 Å². The van der Waals surface area contributed by atoms with E-state index in [1.54, 1.807) is 7.11 Å². The number of nitrogens with one attached hydrogen (secondary N) is 1. The quantitative estimate of drug-likeness (QED) is 0.742. The first kappa shape index (κ1) is 15.9. The van der Waals surface area contributed by atoms with Gasteiger partial charge in [0.05, 0.1) is 19.6 Å². The highest BCUT2D eigenvalue weighted by atomic mass is 16.5. The molecule has 24 heavy (non-hydrogen) atoms. The van der Waals surface area contributed by atoms with Gasteiger partial charge in [-0.05, 0) is 29.8 Å². The lowest BCUT2D eigenvalue weighted by Crippen LogP contribution is -2.19. The minimum absolute atomic E-state index is 0.0354. The Balaban J connectivity index is 1.76. The van der Waals surface area contributed by atoms with Gasteiger partial charge in [0.2, 0.25) is 5.91 Å². The summed E-state index contributed by atoms with van der Waals surface area (Å²) < 4.78 is 7.25. The van der Waals surface area contributed by atoms with Crippen molar-refractivity contribution in [1.29, 1.82) is 0 Å². The second-order valence-corrected chi connectivity index (χ2v) is 5.54. The van der Waals surface area contributed by atoms with Gasteiger partial charge in [0, 0.05) is 24.1 Å². The molecule has 1 aromatic heterocycles. The maximum Gasteiger partial charge on any atom is 0.226 e. The smallest absolute Gasteiger partial charge is 0.226 e. The highest BCUT2D eigenvalue weighted by Crippen LogP contribution is 2.23. The molecule has 3 aromatic rings. The highest BCUT2D eigenvalue weighted by Gasteiger charge is 2.17. The van der Waals surface area contributed by atoms with Gasteiger partial charge in [-0.2, -0.15) is 0 Å². The lowest BCUT2D eigenvalue weighted by molar-refractivity contribution is -0.116. The number of benzene rings is 2. The molecule has 1 atom stereocenters. The molecule has 0 aliphatic heterocycles. The Labute approximate surface area is 141 Å². The number of nitrogens with zero attached hydrogens (tertiary/aromatic N) is 1. The van der Waals surface area contributed by atoms with E-state index in [-0.39, 0.29) is 11.9 Å². The molecule has 0 saturated carbocycles. The molecule has 2 aromatic carbocycles. The summed E-state index contributed by atoms with van der Waals surface area (Å²) in [7, 11) is 1.61. The van der Waals surface area contributed by atoms with E-state index in [0.717, 1.165) is 17.0 Å². The maximum absolute atomic E-state index is 12.5. The monoisotopic (exact) mass is 320 g/mol. The number of hydrogen-bond acceptors (Lipinski definition) is 2. The molecule has 3 rings (SSSR count). The van der Waals surface area contributed by atoms with Crippen molar-refractivity contribution in [3.8, 4) is 5.75 Å². The lowest BCUT2D eigenvalue weighted by atomic mass is 10.0. The first-order valence-electron chi connectivity index (χ1n) is 7.87. The lowest BCUT2D eigenvalue weighted by Gasteiger charge is -2.19. The summed E-state index contributed by atoms with van der Waals surface area (Å²) >= 11 is 0. The van der Waals surface area contributed by atoms with Gasteiger partial charge in [0.25, 0.3) is 0 Å². The number of methoxy groups -OCH3 is 1. The number of hydrogen-bond donors (Lipinski definition) is 1. The fourth-order valence-electron chi connectivity index (χ4n) is 2.71. The minimum atomic E-state index is -0.0363. The molecule has 0 fully saturated rings. The summed E-state index contributed by atoms with van der Waals surface area (Å²) in [5.74, 6) is 0.684. The van der Waals surface area contributed by atoms with Crippen LogP contribution in [0.3, 0.4) is 0 Å². The van der Waals surface area contributed by atoms with Crippen LogP contribution < -0.4 is 10.1 Å². The number of rotatable bonds is 6. The van der Waals surface area contributed by atoms with E-state index in [2.05, 4.69) is 9.88 Å². The fraction of sp³-hybridized carbons (Fsp3) is 0.150. The molecule has 4 nitrogen and oxygen atoms in total. The van der Waals surface area contributed by atoms with Crippen molar-refractivity contribution in [2.24, 2.45) is 0 Å². The average Bonchev–Trinajstić information content (AvgIpc) is 3.15. The first-order chi connectivity index (χ1) is 11.8. The van der Waals surface area contributed by atoms with E-state index in [1.165, 1.54) is 0 Å². The standard InChI is InChI=1S/C20H20N2O2/c1-24-18-11-7-10-17(14-18)21-20(23)15-19(22-12-5-6-13-22)16-8-3-2-4-9-16/h2-14,19H,15H2,1H3,(H,21,23)/t19-/m1/s1. The normalized spacial score (nSPS) is 11.7. The Morgan fingerprint density at radius 2 is 1.79 bits per heavy atom. The zero-order valence-electron chi connectivity index (χ0n) is 13.6. The Hall–Kier alpha value is -3.01. The second kappa shape index (κ2) is 7.51. The van der Waals surface area contributed by atoms with Crippen LogP contribution >= 0.6 is 0 Å². The summed E-state index contributed by atoms with van der Waals surface area (Å²) in [6.45, 7) is 0. The molecule has 0 radical (unpaired) electrons. The summed E-state index contributed by atoms with van der Waals surface area (Å²) in [4.78, 5) is 12.5. The number of carbonyl (C=O) groups is 1. The highest BCUT2D eigenvalue weighted by molar-refractivity contribution is 5.91. The van der Waals surface area contributed by atoms with Crippen LogP contribution in [0.2, 0.25) is 0 Å². The molecular formula is C20H20N2O2. The van der Waals surface area contributed by atoms with E-state index >= 15 is 0 Å². The zero-order chi connectivity index (χ0) is 16.8. The van der Waals surface area contributed by atoms with Gasteiger partial charge >= 0.3 is 0 Å². The summed E-state index contributed by atoms with van der Waals surface area (Å²) in [5.41, 5.74) is 1.84. The van der Waals surface area contributed by atoms with Crippen LogP contribution in [0.1, 0.15) is 18.0 Å². The summed E-state index contributed by atoms with van der Waals surface area (Å²) in [5, 5.41) is 2.95. The van der Waals surface area contributed by atoms with E-state index in [4.69, 9.17) is 4.74 Å². The van der Waals surface area contributed by atoms with Gasteiger partial charge < -0.3 is 14.6 Å². The number of carbonyl (C=O) groups excluding carboxylic acids is 1.